The van der Waals surface area contributed by atoms with Gasteiger partial charge in [0.25, 0.3) is 5.89 Å². The van der Waals surface area contributed by atoms with Crippen LogP contribution in [0.25, 0.3) is 11.4 Å². The van der Waals surface area contributed by atoms with Gasteiger partial charge in [-0.1, -0.05) is 28.9 Å². The van der Waals surface area contributed by atoms with Gasteiger partial charge in [-0.05, 0) is 36.4 Å². The van der Waals surface area contributed by atoms with Gasteiger partial charge < -0.3 is 14.4 Å². The average Bonchev–Trinajstić information content (AvgIpc) is 3.02. The number of nitrogens with zero attached hydrogens (tertiary/aromatic N) is 2. The Hall–Kier alpha value is -2.86. The number of halogens is 1. The summed E-state index contributed by atoms with van der Waals surface area (Å²) in [6, 6.07) is 12.7. The van der Waals surface area contributed by atoms with Crippen LogP contribution >= 0.6 is 11.6 Å². The van der Waals surface area contributed by atoms with E-state index in [1.165, 1.54) is 24.3 Å². The van der Waals surface area contributed by atoms with Gasteiger partial charge in [-0.3, -0.25) is 0 Å². The maximum atomic E-state index is 11.8. The number of carbonyl (C=O) groups is 1. The number of benzene rings is 2. The number of phenolic OH excluding ortho intramolecular Hbond substituents is 1. The Morgan fingerprint density at radius 3 is 2.74 bits per heavy atom. The van der Waals surface area contributed by atoms with E-state index in [1.807, 2.05) is 0 Å². The molecule has 0 unspecified atom stereocenters. The standard InChI is InChI=1S/C16H11ClN2O4/c17-12-3-1-2-11(8-12)15-18-14(23-19-15)9-22-16(21)10-4-6-13(20)7-5-10/h1-8,20H,9H2. The van der Waals surface area contributed by atoms with Crippen molar-refractivity contribution >= 4 is 17.6 Å². The topological polar surface area (TPSA) is 85.5 Å². The van der Waals surface area contributed by atoms with Crippen molar-refractivity contribution < 1.29 is 19.2 Å². The van der Waals surface area contributed by atoms with Gasteiger partial charge in [0.2, 0.25) is 5.82 Å². The fraction of sp³-hybridized carbons (Fsp3) is 0.0625. The second kappa shape index (κ2) is 6.50. The molecule has 0 bridgehead atoms. The lowest BCUT2D eigenvalue weighted by Gasteiger charge is -2.01. The van der Waals surface area contributed by atoms with Gasteiger partial charge in [0.05, 0.1) is 5.56 Å². The Labute approximate surface area is 136 Å². The highest BCUT2D eigenvalue weighted by molar-refractivity contribution is 6.30. The lowest BCUT2D eigenvalue weighted by molar-refractivity contribution is 0.0430. The molecular weight excluding hydrogens is 320 g/mol. The Kier molecular flexibility index (Phi) is 4.25. The second-order valence-electron chi connectivity index (χ2n) is 4.65. The lowest BCUT2D eigenvalue weighted by Crippen LogP contribution is -2.05. The van der Waals surface area contributed by atoms with Crippen LogP contribution < -0.4 is 0 Å². The van der Waals surface area contributed by atoms with E-state index in [0.717, 1.165) is 0 Å². The predicted octanol–water partition coefficient (Wildman–Crippen LogP) is 3.45. The third kappa shape index (κ3) is 3.67. The van der Waals surface area contributed by atoms with Crippen molar-refractivity contribution in [1.82, 2.24) is 10.1 Å². The highest BCUT2D eigenvalue weighted by Crippen LogP contribution is 2.20. The number of aromatic hydroxyl groups is 1. The predicted molar refractivity (Wildman–Crippen MR) is 82.0 cm³/mol. The molecule has 3 rings (SSSR count). The molecule has 3 aromatic rings. The molecular formula is C16H11ClN2O4. The van der Waals surface area contributed by atoms with Crippen molar-refractivity contribution in [3.63, 3.8) is 0 Å². The maximum absolute atomic E-state index is 11.8. The van der Waals surface area contributed by atoms with Crippen LogP contribution in [0.4, 0.5) is 0 Å². The van der Waals surface area contributed by atoms with Crippen LogP contribution in [0, 0.1) is 0 Å². The average molecular weight is 331 g/mol. The number of hydrogen-bond donors (Lipinski definition) is 1. The summed E-state index contributed by atoms with van der Waals surface area (Å²) in [7, 11) is 0. The molecule has 0 saturated heterocycles. The lowest BCUT2D eigenvalue weighted by atomic mass is 10.2. The van der Waals surface area contributed by atoms with Crippen LogP contribution in [-0.4, -0.2) is 21.2 Å². The molecule has 1 aromatic heterocycles. The van der Waals surface area contributed by atoms with Crippen LogP contribution in [-0.2, 0) is 11.3 Å². The number of ether oxygens (including phenoxy) is 1. The number of aromatic nitrogens is 2. The number of rotatable bonds is 4. The fourth-order valence-corrected chi connectivity index (χ4v) is 2.06. The first kappa shape index (κ1) is 15.1. The molecule has 0 amide bonds. The van der Waals surface area contributed by atoms with E-state index in [2.05, 4.69) is 10.1 Å². The summed E-state index contributed by atoms with van der Waals surface area (Å²) in [5.74, 6) is 0.0624. The molecule has 2 aromatic carbocycles. The van der Waals surface area contributed by atoms with E-state index in [9.17, 15) is 9.90 Å². The van der Waals surface area contributed by atoms with Crippen LogP contribution in [0.5, 0.6) is 5.75 Å². The van der Waals surface area contributed by atoms with E-state index in [4.69, 9.17) is 20.9 Å². The first-order valence-electron chi connectivity index (χ1n) is 6.66. The fourth-order valence-electron chi connectivity index (χ4n) is 1.87. The summed E-state index contributed by atoms with van der Waals surface area (Å²) in [6.45, 7) is -0.146. The zero-order chi connectivity index (χ0) is 16.2. The zero-order valence-corrected chi connectivity index (χ0v) is 12.5. The summed E-state index contributed by atoms with van der Waals surface area (Å²) in [4.78, 5) is 16.0. The maximum Gasteiger partial charge on any atom is 0.338 e. The SMILES string of the molecule is O=C(OCc1nc(-c2cccc(Cl)c2)no1)c1ccc(O)cc1. The van der Waals surface area contributed by atoms with E-state index in [0.29, 0.717) is 22.0 Å². The quantitative estimate of drug-likeness (QED) is 0.737. The third-order valence-electron chi connectivity index (χ3n) is 2.98. The van der Waals surface area contributed by atoms with Gasteiger partial charge in [-0.25, -0.2) is 4.79 Å². The molecule has 1 N–H and O–H groups in total. The summed E-state index contributed by atoms with van der Waals surface area (Å²) in [5, 5.41) is 13.6. The molecule has 1 heterocycles. The molecule has 0 saturated carbocycles. The van der Waals surface area contributed by atoms with Crippen molar-refractivity contribution in [2.45, 2.75) is 6.61 Å². The van der Waals surface area contributed by atoms with E-state index < -0.39 is 5.97 Å². The second-order valence-corrected chi connectivity index (χ2v) is 5.08. The molecule has 0 atom stereocenters. The Morgan fingerprint density at radius 1 is 1.22 bits per heavy atom. The monoisotopic (exact) mass is 330 g/mol. The summed E-state index contributed by atoms with van der Waals surface area (Å²) in [6.07, 6.45) is 0. The van der Waals surface area contributed by atoms with Crippen LogP contribution in [0.15, 0.2) is 53.1 Å². The number of carbonyl (C=O) groups excluding carboxylic acids is 1. The first-order chi connectivity index (χ1) is 11.1. The van der Waals surface area contributed by atoms with Crippen LogP contribution in [0.3, 0.4) is 0 Å². The first-order valence-corrected chi connectivity index (χ1v) is 7.04. The zero-order valence-electron chi connectivity index (χ0n) is 11.8. The van der Waals surface area contributed by atoms with E-state index >= 15 is 0 Å². The Balaban J connectivity index is 1.65. The van der Waals surface area contributed by atoms with Crippen molar-refractivity contribution in [1.29, 1.82) is 0 Å². The van der Waals surface area contributed by atoms with Crippen LogP contribution in [0.2, 0.25) is 5.02 Å². The van der Waals surface area contributed by atoms with Crippen LogP contribution in [0.1, 0.15) is 16.2 Å². The number of esters is 1. The minimum absolute atomic E-state index is 0.0737. The van der Waals surface area contributed by atoms with Gasteiger partial charge in [0.1, 0.15) is 5.75 Å². The molecule has 116 valence electrons. The minimum atomic E-state index is -0.549. The number of phenols is 1. The molecule has 0 radical (unpaired) electrons. The highest BCUT2D eigenvalue weighted by atomic mass is 35.5. The summed E-state index contributed by atoms with van der Waals surface area (Å²) in [5.41, 5.74) is 1.02. The summed E-state index contributed by atoms with van der Waals surface area (Å²) < 4.78 is 10.1. The molecule has 23 heavy (non-hydrogen) atoms. The molecule has 0 aliphatic heterocycles. The van der Waals surface area contributed by atoms with Gasteiger partial charge >= 0.3 is 5.97 Å². The molecule has 0 aliphatic rings. The van der Waals surface area contributed by atoms with Gasteiger partial charge in [-0.2, -0.15) is 4.98 Å². The van der Waals surface area contributed by atoms with Crippen molar-refractivity contribution in [3.05, 3.63) is 65.0 Å². The third-order valence-corrected chi connectivity index (χ3v) is 3.22. The van der Waals surface area contributed by atoms with E-state index in [-0.39, 0.29) is 18.2 Å². The van der Waals surface area contributed by atoms with Crippen molar-refractivity contribution in [2.75, 3.05) is 0 Å². The van der Waals surface area contributed by atoms with Gasteiger partial charge in [-0.15, -0.1) is 0 Å². The van der Waals surface area contributed by atoms with Crippen molar-refractivity contribution in [3.8, 4) is 17.1 Å². The van der Waals surface area contributed by atoms with Gasteiger partial charge in [0.15, 0.2) is 6.61 Å². The normalized spacial score (nSPS) is 10.5. The molecule has 7 heteroatoms. The summed E-state index contributed by atoms with van der Waals surface area (Å²) >= 11 is 5.91. The Bertz CT molecular complexity index is 830. The minimum Gasteiger partial charge on any atom is -0.508 e. The van der Waals surface area contributed by atoms with E-state index in [1.54, 1.807) is 24.3 Å². The number of hydrogen-bond acceptors (Lipinski definition) is 6. The molecule has 0 aliphatic carbocycles. The largest absolute Gasteiger partial charge is 0.508 e. The Morgan fingerprint density at radius 2 is 2.00 bits per heavy atom. The van der Waals surface area contributed by atoms with Gasteiger partial charge in [0, 0.05) is 10.6 Å². The molecule has 0 fully saturated rings. The molecule has 0 spiro atoms. The smallest absolute Gasteiger partial charge is 0.338 e. The van der Waals surface area contributed by atoms with Crippen molar-refractivity contribution in [2.24, 2.45) is 0 Å². The molecule has 6 nitrogen and oxygen atoms in total. The highest BCUT2D eigenvalue weighted by Gasteiger charge is 2.12.